The predicted octanol–water partition coefficient (Wildman–Crippen LogP) is 2.43. The normalized spacial score (nSPS) is 11.3. The molecule has 2 aromatic carbocycles. The Morgan fingerprint density at radius 3 is 2.52 bits per heavy atom. The summed E-state index contributed by atoms with van der Waals surface area (Å²) >= 11 is 0. The maximum Gasteiger partial charge on any atom is 0.272 e. The first kappa shape index (κ1) is 18.0. The van der Waals surface area contributed by atoms with Gasteiger partial charge in [0.15, 0.2) is 0 Å². The van der Waals surface area contributed by atoms with Crippen LogP contribution >= 0.6 is 0 Å². The van der Waals surface area contributed by atoms with E-state index in [1.54, 1.807) is 32.2 Å². The molecule has 1 heterocycles. The highest BCUT2D eigenvalue weighted by atomic mass is 16.5. The molecule has 0 unspecified atom stereocenters. The number of fused-ring (bicyclic) bond motifs is 1. The Balaban J connectivity index is 1.76. The van der Waals surface area contributed by atoms with Gasteiger partial charge in [0.2, 0.25) is 5.96 Å². The molecule has 1 aromatic heterocycles. The van der Waals surface area contributed by atoms with E-state index in [1.165, 1.54) is 0 Å². The summed E-state index contributed by atoms with van der Waals surface area (Å²) in [6.45, 7) is 1.79. The van der Waals surface area contributed by atoms with Crippen molar-refractivity contribution in [1.82, 2.24) is 4.98 Å². The fourth-order valence-electron chi connectivity index (χ4n) is 2.60. The van der Waals surface area contributed by atoms with Gasteiger partial charge < -0.3 is 26.5 Å². The van der Waals surface area contributed by atoms with Gasteiger partial charge in [-0.1, -0.05) is 24.3 Å². The molecule has 27 heavy (non-hydrogen) atoms. The summed E-state index contributed by atoms with van der Waals surface area (Å²) in [5.74, 6) is 0.339. The van der Waals surface area contributed by atoms with E-state index < -0.39 is 0 Å². The van der Waals surface area contributed by atoms with Crippen LogP contribution in [0.4, 0.5) is 5.69 Å². The lowest BCUT2D eigenvalue weighted by molar-refractivity contribution is 0.102. The topological polar surface area (TPSA) is 131 Å². The molecule has 138 valence electrons. The number of aromatic amines is 1. The number of aromatic nitrogens is 1. The average Bonchev–Trinajstić information content (AvgIpc) is 3.11. The van der Waals surface area contributed by atoms with E-state index >= 15 is 0 Å². The number of nitrogens with one attached hydrogen (secondary N) is 2. The first-order chi connectivity index (χ1) is 13.0. The van der Waals surface area contributed by atoms with Gasteiger partial charge >= 0.3 is 0 Å². The minimum absolute atomic E-state index is 0.104. The number of hydrogen-bond donors (Lipinski definition) is 4. The number of para-hydroxylation sites is 1. The van der Waals surface area contributed by atoms with Crippen LogP contribution in [0.1, 0.15) is 23.0 Å². The van der Waals surface area contributed by atoms with Crippen molar-refractivity contribution in [2.75, 3.05) is 12.4 Å². The fourth-order valence-corrected chi connectivity index (χ4v) is 2.60. The van der Waals surface area contributed by atoms with Crippen LogP contribution < -0.4 is 21.5 Å². The van der Waals surface area contributed by atoms with Gasteiger partial charge in [-0.2, -0.15) is 5.10 Å². The lowest BCUT2D eigenvalue weighted by atomic mass is 10.1. The SMILES string of the molecule is COc1cccc2cc(C(=O)Nc3ccc(C(C)=NN=C(N)N)cc3)[nH]c12. The molecule has 6 N–H and O–H groups in total. The molecular formula is C19H20N6O2. The largest absolute Gasteiger partial charge is 0.495 e. The summed E-state index contributed by atoms with van der Waals surface area (Å²) in [7, 11) is 1.59. The molecule has 0 fully saturated rings. The Morgan fingerprint density at radius 1 is 1.11 bits per heavy atom. The standard InChI is InChI=1S/C19H20N6O2/c1-11(24-25-19(20)21)12-6-8-14(9-7-12)22-18(26)15-10-13-4-3-5-16(27-2)17(13)23-15/h3-10,23H,1-2H3,(H,22,26)(H4,20,21,25). The number of amides is 1. The van der Waals surface area contributed by atoms with E-state index in [9.17, 15) is 4.79 Å². The molecule has 3 rings (SSSR count). The maximum atomic E-state index is 12.5. The van der Waals surface area contributed by atoms with E-state index in [-0.39, 0.29) is 11.9 Å². The number of carbonyl (C=O) groups excluding carboxylic acids is 1. The van der Waals surface area contributed by atoms with Crippen molar-refractivity contribution in [2.45, 2.75) is 6.92 Å². The van der Waals surface area contributed by atoms with Crippen LogP contribution in [0.15, 0.2) is 58.7 Å². The van der Waals surface area contributed by atoms with Crippen LogP contribution in [-0.4, -0.2) is 29.7 Å². The minimum Gasteiger partial charge on any atom is -0.495 e. The van der Waals surface area contributed by atoms with Gasteiger partial charge in [-0.3, -0.25) is 4.79 Å². The number of anilines is 1. The second-order valence-corrected chi connectivity index (χ2v) is 5.85. The van der Waals surface area contributed by atoms with Crippen LogP contribution in [-0.2, 0) is 0 Å². The maximum absolute atomic E-state index is 12.5. The van der Waals surface area contributed by atoms with Gasteiger partial charge in [0.05, 0.1) is 18.3 Å². The van der Waals surface area contributed by atoms with Crippen molar-refractivity contribution in [1.29, 1.82) is 0 Å². The number of rotatable bonds is 5. The summed E-state index contributed by atoms with van der Waals surface area (Å²) in [5, 5.41) is 11.3. The highest BCUT2D eigenvalue weighted by Crippen LogP contribution is 2.25. The number of guanidine groups is 1. The van der Waals surface area contributed by atoms with E-state index in [0.29, 0.717) is 22.8 Å². The van der Waals surface area contributed by atoms with Gasteiger partial charge in [0, 0.05) is 11.1 Å². The summed E-state index contributed by atoms with van der Waals surface area (Å²) < 4.78 is 5.31. The Hall–Kier alpha value is -3.81. The average molecular weight is 364 g/mol. The van der Waals surface area contributed by atoms with Crippen molar-refractivity contribution in [3.63, 3.8) is 0 Å². The molecule has 8 heteroatoms. The van der Waals surface area contributed by atoms with Crippen molar-refractivity contribution in [3.8, 4) is 5.75 Å². The van der Waals surface area contributed by atoms with E-state index in [4.69, 9.17) is 16.2 Å². The molecule has 1 amide bonds. The molecule has 0 saturated heterocycles. The van der Waals surface area contributed by atoms with Gasteiger partial charge in [0.1, 0.15) is 11.4 Å². The Bertz CT molecular complexity index is 1030. The zero-order valence-corrected chi connectivity index (χ0v) is 15.0. The van der Waals surface area contributed by atoms with Gasteiger partial charge in [0.25, 0.3) is 5.91 Å². The number of H-pyrrole nitrogens is 1. The minimum atomic E-state index is -0.244. The third-order valence-corrected chi connectivity index (χ3v) is 3.96. The van der Waals surface area contributed by atoms with Crippen molar-refractivity contribution in [2.24, 2.45) is 21.7 Å². The van der Waals surface area contributed by atoms with Crippen molar-refractivity contribution < 1.29 is 9.53 Å². The van der Waals surface area contributed by atoms with E-state index in [2.05, 4.69) is 20.5 Å². The van der Waals surface area contributed by atoms with Gasteiger partial charge in [-0.15, -0.1) is 5.10 Å². The summed E-state index contributed by atoms with van der Waals surface area (Å²) in [6, 6.07) is 14.6. The zero-order valence-electron chi connectivity index (χ0n) is 15.0. The summed E-state index contributed by atoms with van der Waals surface area (Å²) in [4.78, 5) is 15.6. The third-order valence-electron chi connectivity index (χ3n) is 3.96. The molecule has 3 aromatic rings. The molecule has 0 bridgehead atoms. The van der Waals surface area contributed by atoms with Crippen LogP contribution in [0.3, 0.4) is 0 Å². The number of nitrogens with two attached hydrogens (primary N) is 2. The molecule has 0 atom stereocenters. The predicted molar refractivity (Wildman–Crippen MR) is 107 cm³/mol. The Labute approximate surface area is 155 Å². The number of benzene rings is 2. The molecule has 8 nitrogen and oxygen atoms in total. The highest BCUT2D eigenvalue weighted by molar-refractivity contribution is 6.07. The number of carbonyl (C=O) groups is 1. The lowest BCUT2D eigenvalue weighted by Crippen LogP contribution is -2.22. The van der Waals surface area contributed by atoms with E-state index in [0.717, 1.165) is 16.5 Å². The fraction of sp³-hybridized carbons (Fsp3) is 0.105. The summed E-state index contributed by atoms with van der Waals surface area (Å²) in [5.41, 5.74) is 13.9. The number of nitrogens with zero attached hydrogens (tertiary/aromatic N) is 2. The van der Waals surface area contributed by atoms with Crippen LogP contribution in [0.25, 0.3) is 10.9 Å². The lowest BCUT2D eigenvalue weighted by Gasteiger charge is -2.05. The first-order valence-electron chi connectivity index (χ1n) is 8.18. The van der Waals surface area contributed by atoms with E-state index in [1.807, 2.05) is 30.3 Å². The number of ether oxygens (including phenoxy) is 1. The van der Waals surface area contributed by atoms with Gasteiger partial charge in [-0.05, 0) is 36.8 Å². The second-order valence-electron chi connectivity index (χ2n) is 5.85. The molecule has 0 aliphatic heterocycles. The van der Waals surface area contributed by atoms with Crippen LogP contribution in [0.5, 0.6) is 5.75 Å². The van der Waals surface area contributed by atoms with Gasteiger partial charge in [-0.25, -0.2) is 0 Å². The molecule has 0 aliphatic rings. The highest BCUT2D eigenvalue weighted by Gasteiger charge is 2.12. The molecule has 0 spiro atoms. The van der Waals surface area contributed by atoms with Crippen LogP contribution in [0.2, 0.25) is 0 Å². The van der Waals surface area contributed by atoms with Crippen LogP contribution in [0, 0.1) is 0 Å². The number of hydrogen-bond acceptors (Lipinski definition) is 4. The smallest absolute Gasteiger partial charge is 0.272 e. The monoisotopic (exact) mass is 364 g/mol. The molecule has 0 radical (unpaired) electrons. The first-order valence-corrected chi connectivity index (χ1v) is 8.18. The summed E-state index contributed by atoms with van der Waals surface area (Å²) in [6.07, 6.45) is 0. The zero-order chi connectivity index (χ0) is 19.4. The molecular weight excluding hydrogens is 344 g/mol. The second kappa shape index (κ2) is 7.61. The molecule has 0 aliphatic carbocycles. The molecule has 0 saturated carbocycles. The van der Waals surface area contributed by atoms with Crippen molar-refractivity contribution >= 4 is 34.2 Å². The Kier molecular flexibility index (Phi) is 5.07. The Morgan fingerprint density at radius 2 is 1.85 bits per heavy atom. The number of methoxy groups -OCH3 is 1. The van der Waals surface area contributed by atoms with Crippen molar-refractivity contribution in [3.05, 3.63) is 59.8 Å². The third kappa shape index (κ3) is 4.06. The quantitative estimate of drug-likeness (QED) is 0.314.